The number of rotatable bonds is 2. The molecule has 2 aromatic rings. The standard InChI is InChI=1S/C12H11ClN2/c13-12-2-1-10(7-11(12)8-14)9-3-5-15-6-4-9/h1-7H,8,14H2. The maximum Gasteiger partial charge on any atom is 0.0451 e. The topological polar surface area (TPSA) is 38.9 Å². The maximum absolute atomic E-state index is 5.99. The molecule has 2 rings (SSSR count). The summed E-state index contributed by atoms with van der Waals surface area (Å²) >= 11 is 5.99. The van der Waals surface area contributed by atoms with Crippen molar-refractivity contribution in [1.82, 2.24) is 4.98 Å². The molecule has 0 amide bonds. The zero-order valence-corrected chi connectivity index (χ0v) is 8.91. The second kappa shape index (κ2) is 4.43. The largest absolute Gasteiger partial charge is 0.326 e. The van der Waals surface area contributed by atoms with Gasteiger partial charge in [-0.3, -0.25) is 4.98 Å². The minimum absolute atomic E-state index is 0.456. The lowest BCUT2D eigenvalue weighted by Gasteiger charge is -2.05. The van der Waals surface area contributed by atoms with Crippen LogP contribution in [-0.2, 0) is 6.54 Å². The van der Waals surface area contributed by atoms with Crippen LogP contribution in [0.15, 0.2) is 42.7 Å². The molecule has 76 valence electrons. The Kier molecular flexibility index (Phi) is 2.99. The Labute approximate surface area is 93.7 Å². The highest BCUT2D eigenvalue weighted by atomic mass is 35.5. The fourth-order valence-electron chi connectivity index (χ4n) is 1.46. The van der Waals surface area contributed by atoms with E-state index in [-0.39, 0.29) is 0 Å². The Morgan fingerprint density at radius 2 is 1.80 bits per heavy atom. The normalized spacial score (nSPS) is 10.3. The number of aromatic nitrogens is 1. The van der Waals surface area contributed by atoms with Crippen LogP contribution >= 0.6 is 11.6 Å². The molecule has 1 aromatic heterocycles. The van der Waals surface area contributed by atoms with Crippen LogP contribution in [0, 0.1) is 0 Å². The quantitative estimate of drug-likeness (QED) is 0.842. The molecule has 0 fully saturated rings. The van der Waals surface area contributed by atoms with E-state index in [9.17, 15) is 0 Å². The van der Waals surface area contributed by atoms with Crippen LogP contribution in [0.3, 0.4) is 0 Å². The van der Waals surface area contributed by atoms with Gasteiger partial charge in [-0.1, -0.05) is 17.7 Å². The van der Waals surface area contributed by atoms with Crippen LogP contribution in [0.2, 0.25) is 5.02 Å². The molecule has 3 heteroatoms. The maximum atomic E-state index is 5.99. The first-order valence-corrected chi connectivity index (χ1v) is 5.08. The molecule has 1 aromatic carbocycles. The molecule has 0 saturated carbocycles. The molecular weight excluding hydrogens is 208 g/mol. The van der Waals surface area contributed by atoms with E-state index >= 15 is 0 Å². The SMILES string of the molecule is NCc1cc(-c2ccncc2)ccc1Cl. The third-order valence-electron chi connectivity index (χ3n) is 2.28. The number of hydrogen-bond donors (Lipinski definition) is 1. The van der Waals surface area contributed by atoms with Gasteiger partial charge in [-0.2, -0.15) is 0 Å². The fraction of sp³-hybridized carbons (Fsp3) is 0.0833. The first-order valence-electron chi connectivity index (χ1n) is 4.70. The number of benzene rings is 1. The van der Waals surface area contributed by atoms with Crippen molar-refractivity contribution in [2.24, 2.45) is 5.73 Å². The minimum Gasteiger partial charge on any atom is -0.326 e. The van der Waals surface area contributed by atoms with Crippen molar-refractivity contribution in [3.8, 4) is 11.1 Å². The van der Waals surface area contributed by atoms with E-state index in [1.165, 1.54) is 0 Å². The first-order chi connectivity index (χ1) is 7.31. The Hall–Kier alpha value is -1.38. The second-order valence-corrected chi connectivity index (χ2v) is 3.65. The van der Waals surface area contributed by atoms with E-state index in [1.807, 2.05) is 30.3 Å². The average Bonchev–Trinajstić information content (AvgIpc) is 2.31. The number of halogens is 1. The van der Waals surface area contributed by atoms with Gasteiger partial charge in [-0.05, 0) is 41.0 Å². The minimum atomic E-state index is 0.456. The summed E-state index contributed by atoms with van der Waals surface area (Å²) in [6.07, 6.45) is 3.54. The summed E-state index contributed by atoms with van der Waals surface area (Å²) < 4.78 is 0. The van der Waals surface area contributed by atoms with E-state index in [2.05, 4.69) is 4.98 Å². The molecule has 0 atom stereocenters. The molecule has 2 N–H and O–H groups in total. The van der Waals surface area contributed by atoms with Gasteiger partial charge in [0.15, 0.2) is 0 Å². The smallest absolute Gasteiger partial charge is 0.0451 e. The van der Waals surface area contributed by atoms with Gasteiger partial charge in [0.25, 0.3) is 0 Å². The van der Waals surface area contributed by atoms with Crippen molar-refractivity contribution in [1.29, 1.82) is 0 Å². The number of nitrogens with zero attached hydrogens (tertiary/aromatic N) is 1. The summed E-state index contributed by atoms with van der Waals surface area (Å²) in [5, 5.41) is 0.718. The Balaban J connectivity index is 2.46. The third-order valence-corrected chi connectivity index (χ3v) is 2.65. The van der Waals surface area contributed by atoms with Gasteiger partial charge < -0.3 is 5.73 Å². The predicted octanol–water partition coefficient (Wildman–Crippen LogP) is 2.86. The van der Waals surface area contributed by atoms with Crippen LogP contribution in [0.5, 0.6) is 0 Å². The van der Waals surface area contributed by atoms with Crippen molar-refractivity contribution >= 4 is 11.6 Å². The van der Waals surface area contributed by atoms with E-state index < -0.39 is 0 Å². The summed E-state index contributed by atoms with van der Waals surface area (Å²) in [6.45, 7) is 0.456. The highest BCUT2D eigenvalue weighted by Crippen LogP contribution is 2.24. The van der Waals surface area contributed by atoms with Gasteiger partial charge >= 0.3 is 0 Å². The molecule has 0 saturated heterocycles. The summed E-state index contributed by atoms with van der Waals surface area (Å²) in [5.41, 5.74) is 8.80. The van der Waals surface area contributed by atoms with Crippen molar-refractivity contribution in [3.63, 3.8) is 0 Å². The van der Waals surface area contributed by atoms with E-state index in [0.29, 0.717) is 6.54 Å². The zero-order valence-electron chi connectivity index (χ0n) is 8.15. The third kappa shape index (κ3) is 2.17. The van der Waals surface area contributed by atoms with Crippen molar-refractivity contribution < 1.29 is 0 Å². The van der Waals surface area contributed by atoms with Crippen molar-refractivity contribution in [3.05, 3.63) is 53.3 Å². The number of nitrogens with two attached hydrogens (primary N) is 1. The molecular formula is C12H11ClN2. The van der Waals surface area contributed by atoms with Crippen LogP contribution in [0.4, 0.5) is 0 Å². The van der Waals surface area contributed by atoms with Gasteiger partial charge in [0.2, 0.25) is 0 Å². The fourth-order valence-corrected chi connectivity index (χ4v) is 1.65. The summed E-state index contributed by atoms with van der Waals surface area (Å²) in [5.74, 6) is 0. The molecule has 0 aliphatic heterocycles. The Bertz CT molecular complexity index is 454. The van der Waals surface area contributed by atoms with Gasteiger partial charge in [0.1, 0.15) is 0 Å². The van der Waals surface area contributed by atoms with Gasteiger partial charge in [-0.15, -0.1) is 0 Å². The summed E-state index contributed by atoms with van der Waals surface area (Å²) in [7, 11) is 0. The van der Waals surface area contributed by atoms with Crippen LogP contribution in [-0.4, -0.2) is 4.98 Å². The molecule has 0 bridgehead atoms. The van der Waals surface area contributed by atoms with Crippen LogP contribution in [0.25, 0.3) is 11.1 Å². The second-order valence-electron chi connectivity index (χ2n) is 3.25. The monoisotopic (exact) mass is 218 g/mol. The summed E-state index contributed by atoms with van der Waals surface area (Å²) in [6, 6.07) is 9.79. The molecule has 0 radical (unpaired) electrons. The Morgan fingerprint density at radius 3 is 2.47 bits per heavy atom. The average molecular weight is 219 g/mol. The van der Waals surface area contributed by atoms with Crippen LogP contribution < -0.4 is 5.73 Å². The molecule has 2 nitrogen and oxygen atoms in total. The van der Waals surface area contributed by atoms with E-state index in [1.54, 1.807) is 12.4 Å². The first kappa shape index (κ1) is 10.1. The zero-order chi connectivity index (χ0) is 10.7. The lowest BCUT2D eigenvalue weighted by molar-refractivity contribution is 1.07. The van der Waals surface area contributed by atoms with Crippen molar-refractivity contribution in [2.45, 2.75) is 6.54 Å². The van der Waals surface area contributed by atoms with Crippen LogP contribution in [0.1, 0.15) is 5.56 Å². The molecule has 0 aliphatic carbocycles. The lowest BCUT2D eigenvalue weighted by Crippen LogP contribution is -1.97. The lowest BCUT2D eigenvalue weighted by atomic mass is 10.0. The highest BCUT2D eigenvalue weighted by molar-refractivity contribution is 6.31. The van der Waals surface area contributed by atoms with Crippen molar-refractivity contribution in [2.75, 3.05) is 0 Å². The molecule has 0 aliphatic rings. The number of hydrogen-bond acceptors (Lipinski definition) is 2. The highest BCUT2D eigenvalue weighted by Gasteiger charge is 2.01. The molecule has 15 heavy (non-hydrogen) atoms. The predicted molar refractivity (Wildman–Crippen MR) is 62.6 cm³/mol. The number of pyridine rings is 1. The van der Waals surface area contributed by atoms with Gasteiger partial charge in [0, 0.05) is 24.0 Å². The summed E-state index contributed by atoms with van der Waals surface area (Å²) in [4.78, 5) is 3.98. The molecule has 1 heterocycles. The molecule has 0 unspecified atom stereocenters. The van der Waals surface area contributed by atoms with E-state index in [0.717, 1.165) is 21.7 Å². The van der Waals surface area contributed by atoms with Gasteiger partial charge in [-0.25, -0.2) is 0 Å². The van der Waals surface area contributed by atoms with E-state index in [4.69, 9.17) is 17.3 Å². The molecule has 0 spiro atoms. The Morgan fingerprint density at radius 1 is 1.07 bits per heavy atom. The van der Waals surface area contributed by atoms with Gasteiger partial charge in [0.05, 0.1) is 0 Å².